The fourth-order valence-corrected chi connectivity index (χ4v) is 3.56. The smallest absolute Gasteiger partial charge is 0.270 e. The molecule has 30 heavy (non-hydrogen) atoms. The molecule has 0 aliphatic carbocycles. The monoisotopic (exact) mass is 401 g/mol. The Bertz CT molecular complexity index is 1140. The van der Waals surface area contributed by atoms with Gasteiger partial charge < -0.3 is 10.0 Å². The van der Waals surface area contributed by atoms with E-state index in [9.17, 15) is 20.0 Å². The van der Waals surface area contributed by atoms with Crippen molar-refractivity contribution in [1.82, 2.24) is 0 Å². The van der Waals surface area contributed by atoms with Crippen LogP contribution in [0.25, 0.3) is 0 Å². The van der Waals surface area contributed by atoms with Crippen molar-refractivity contribution in [3.05, 3.63) is 99.6 Å². The summed E-state index contributed by atoms with van der Waals surface area (Å²) in [6, 6.07) is 19.7. The highest BCUT2D eigenvalue weighted by atomic mass is 16.6. The van der Waals surface area contributed by atoms with Crippen LogP contribution in [0.5, 0.6) is 5.75 Å². The Morgan fingerprint density at radius 3 is 2.43 bits per heavy atom. The van der Waals surface area contributed by atoms with Gasteiger partial charge in [0, 0.05) is 36.7 Å². The van der Waals surface area contributed by atoms with E-state index in [-0.39, 0.29) is 17.3 Å². The van der Waals surface area contributed by atoms with Gasteiger partial charge in [0.15, 0.2) is 0 Å². The van der Waals surface area contributed by atoms with E-state index in [0.717, 1.165) is 5.56 Å². The molecule has 7 nitrogen and oxygen atoms in total. The number of carbonyl (C=O) groups excluding carboxylic acids is 1. The zero-order chi connectivity index (χ0) is 21.3. The fourth-order valence-electron chi connectivity index (χ4n) is 3.56. The molecule has 1 heterocycles. The summed E-state index contributed by atoms with van der Waals surface area (Å²) in [6.45, 7) is 0. The summed E-state index contributed by atoms with van der Waals surface area (Å²) in [5, 5.41) is 21.0. The quantitative estimate of drug-likeness (QED) is 0.532. The number of anilines is 1. The number of carbonyl (C=O) groups is 1. The number of phenols is 1. The van der Waals surface area contributed by atoms with Gasteiger partial charge in [-0.25, -0.2) is 0 Å². The van der Waals surface area contributed by atoms with Gasteiger partial charge in [-0.1, -0.05) is 30.3 Å². The minimum atomic E-state index is -0.687. The molecule has 0 saturated heterocycles. The number of benzene rings is 3. The van der Waals surface area contributed by atoms with E-state index in [4.69, 9.17) is 4.99 Å². The molecule has 3 aromatic carbocycles. The van der Waals surface area contributed by atoms with Crippen LogP contribution < -0.4 is 4.90 Å². The van der Waals surface area contributed by atoms with Gasteiger partial charge in [-0.2, -0.15) is 0 Å². The van der Waals surface area contributed by atoms with Crippen LogP contribution in [0, 0.1) is 10.1 Å². The van der Waals surface area contributed by atoms with Crippen LogP contribution in [0.2, 0.25) is 0 Å². The molecule has 0 radical (unpaired) electrons. The van der Waals surface area contributed by atoms with Crippen molar-refractivity contribution in [3.8, 4) is 5.75 Å². The number of nitrogens with zero attached hydrogens (tertiary/aromatic N) is 3. The molecule has 1 aliphatic rings. The lowest BCUT2D eigenvalue weighted by Crippen LogP contribution is -2.36. The van der Waals surface area contributed by atoms with E-state index in [1.54, 1.807) is 25.2 Å². The third-order valence-electron chi connectivity index (χ3n) is 5.12. The lowest BCUT2D eigenvalue weighted by Gasteiger charge is -2.20. The predicted molar refractivity (Wildman–Crippen MR) is 114 cm³/mol. The van der Waals surface area contributed by atoms with Crippen LogP contribution in [0.1, 0.15) is 16.7 Å². The first kappa shape index (κ1) is 19.3. The van der Waals surface area contributed by atoms with Gasteiger partial charge in [0.25, 0.3) is 11.6 Å². The van der Waals surface area contributed by atoms with Gasteiger partial charge in [0.05, 0.1) is 16.3 Å². The molecule has 0 spiro atoms. The van der Waals surface area contributed by atoms with Crippen molar-refractivity contribution in [2.45, 2.75) is 12.5 Å². The van der Waals surface area contributed by atoms with Crippen molar-refractivity contribution in [1.29, 1.82) is 0 Å². The summed E-state index contributed by atoms with van der Waals surface area (Å²) < 4.78 is 0. The highest BCUT2D eigenvalue weighted by Crippen LogP contribution is 2.32. The van der Waals surface area contributed by atoms with Crippen LogP contribution in [0.3, 0.4) is 0 Å². The highest BCUT2D eigenvalue weighted by Gasteiger charge is 2.31. The van der Waals surface area contributed by atoms with Crippen LogP contribution in [-0.2, 0) is 11.2 Å². The summed E-state index contributed by atoms with van der Waals surface area (Å²) in [5.41, 5.74) is 3.08. The molecule has 150 valence electrons. The second kappa shape index (κ2) is 7.79. The number of rotatable bonds is 4. The number of nitro groups is 1. The molecule has 4 rings (SSSR count). The number of hydrogen-bond donors (Lipinski definition) is 1. The Kier molecular flexibility index (Phi) is 5.02. The molecule has 1 unspecified atom stereocenters. The number of likely N-dealkylation sites (N-methyl/N-ethyl adjacent to an activating group) is 1. The highest BCUT2D eigenvalue weighted by molar-refractivity contribution is 6.20. The second-order valence-electron chi connectivity index (χ2n) is 7.09. The molecule has 0 saturated carbocycles. The standard InChI is InChI=1S/C23H19N3O4/c1-25-21-12-9-17(26(29)30)14-19(21)22(16-7-10-18(27)11-8-16)24-20(23(25)28)13-15-5-3-2-4-6-15/h2-12,14,20,27H,13H2,1H3. The van der Waals surface area contributed by atoms with Crippen molar-refractivity contribution >= 4 is 23.0 Å². The minimum Gasteiger partial charge on any atom is -0.508 e. The Morgan fingerprint density at radius 1 is 1.07 bits per heavy atom. The number of aliphatic imine (C=N–C) groups is 1. The van der Waals surface area contributed by atoms with E-state index in [2.05, 4.69) is 0 Å². The van der Waals surface area contributed by atoms with E-state index in [1.165, 1.54) is 29.2 Å². The molecule has 1 N–H and O–H groups in total. The number of amides is 1. The zero-order valence-corrected chi connectivity index (χ0v) is 16.2. The van der Waals surface area contributed by atoms with Crippen LogP contribution in [0.4, 0.5) is 11.4 Å². The number of aromatic hydroxyl groups is 1. The predicted octanol–water partition coefficient (Wildman–Crippen LogP) is 3.73. The van der Waals surface area contributed by atoms with Gasteiger partial charge in [-0.3, -0.25) is 19.9 Å². The molecule has 1 aliphatic heterocycles. The molecule has 1 atom stereocenters. The number of benzodiazepines with no additional fused rings is 1. The summed E-state index contributed by atoms with van der Waals surface area (Å²) in [4.78, 5) is 30.4. The largest absolute Gasteiger partial charge is 0.508 e. The van der Waals surface area contributed by atoms with E-state index in [0.29, 0.717) is 28.9 Å². The summed E-state index contributed by atoms with van der Waals surface area (Å²) in [5.74, 6) is -0.0935. The maximum Gasteiger partial charge on any atom is 0.270 e. The Balaban J connectivity index is 1.90. The van der Waals surface area contributed by atoms with Crippen molar-refractivity contribution < 1.29 is 14.8 Å². The first-order chi connectivity index (χ1) is 14.4. The van der Waals surface area contributed by atoms with Crippen LogP contribution in [-0.4, -0.2) is 34.7 Å². The summed E-state index contributed by atoms with van der Waals surface area (Å²) in [7, 11) is 1.65. The Hall–Kier alpha value is -4.00. The third-order valence-corrected chi connectivity index (χ3v) is 5.12. The normalized spacial score (nSPS) is 15.9. The maximum absolute atomic E-state index is 13.2. The molecular weight excluding hydrogens is 382 g/mol. The fraction of sp³-hybridized carbons (Fsp3) is 0.130. The molecule has 0 aromatic heterocycles. The molecule has 7 heteroatoms. The third kappa shape index (κ3) is 3.65. The van der Waals surface area contributed by atoms with Gasteiger partial charge in [-0.05, 0) is 35.9 Å². The van der Waals surface area contributed by atoms with Gasteiger partial charge >= 0.3 is 0 Å². The Morgan fingerprint density at radius 2 is 1.77 bits per heavy atom. The lowest BCUT2D eigenvalue weighted by molar-refractivity contribution is -0.384. The van der Waals surface area contributed by atoms with Crippen molar-refractivity contribution in [3.63, 3.8) is 0 Å². The summed E-state index contributed by atoms with van der Waals surface area (Å²) >= 11 is 0. The van der Waals surface area contributed by atoms with Crippen molar-refractivity contribution in [2.24, 2.45) is 4.99 Å². The average Bonchev–Trinajstić information content (AvgIpc) is 2.85. The Labute approximate surface area is 173 Å². The first-order valence-corrected chi connectivity index (χ1v) is 9.41. The maximum atomic E-state index is 13.2. The van der Waals surface area contributed by atoms with E-state index in [1.807, 2.05) is 30.3 Å². The first-order valence-electron chi connectivity index (χ1n) is 9.41. The molecule has 0 fully saturated rings. The van der Waals surface area contributed by atoms with Crippen LogP contribution in [0.15, 0.2) is 77.8 Å². The molecule has 1 amide bonds. The number of non-ortho nitro benzene ring substituents is 1. The number of phenolic OH excluding ortho intramolecular Hbond substituents is 1. The van der Waals surface area contributed by atoms with Gasteiger partial charge in [0.2, 0.25) is 0 Å². The molecule has 0 bridgehead atoms. The molecule has 3 aromatic rings. The lowest BCUT2D eigenvalue weighted by atomic mass is 9.99. The van der Waals surface area contributed by atoms with E-state index >= 15 is 0 Å². The number of hydrogen-bond acceptors (Lipinski definition) is 5. The van der Waals surface area contributed by atoms with E-state index < -0.39 is 11.0 Å². The van der Waals surface area contributed by atoms with Crippen LogP contribution >= 0.6 is 0 Å². The second-order valence-corrected chi connectivity index (χ2v) is 7.09. The van der Waals surface area contributed by atoms with Gasteiger partial charge in [0.1, 0.15) is 11.8 Å². The SMILES string of the molecule is CN1C(=O)C(Cc2ccccc2)N=C(c2ccc(O)cc2)c2cc([N+](=O)[O-])ccc21. The zero-order valence-electron chi connectivity index (χ0n) is 16.2. The van der Waals surface area contributed by atoms with Gasteiger partial charge in [-0.15, -0.1) is 0 Å². The topological polar surface area (TPSA) is 96.0 Å². The molecular formula is C23H19N3O4. The summed E-state index contributed by atoms with van der Waals surface area (Å²) in [6.07, 6.45) is 0.404. The minimum absolute atomic E-state index is 0.0809. The average molecular weight is 401 g/mol. The number of nitro benzene ring substituents is 1. The van der Waals surface area contributed by atoms with Crippen molar-refractivity contribution in [2.75, 3.05) is 11.9 Å². The number of fused-ring (bicyclic) bond motifs is 1.